The Morgan fingerprint density at radius 3 is 2.86 bits per heavy atom. The number of aromatic nitrogens is 3. The average molecular weight is 214 g/mol. The number of aromatic amines is 1. The van der Waals surface area contributed by atoms with Crippen molar-refractivity contribution in [1.29, 1.82) is 0 Å². The molecule has 1 amide bonds. The molecule has 0 radical (unpaired) electrons. The second-order valence-corrected chi connectivity index (χ2v) is 5.59. The minimum atomic E-state index is -0.0679. The number of hydrogen-bond donors (Lipinski definition) is 2. The lowest BCUT2D eigenvalue weighted by Gasteiger charge is -2.16. The first-order valence-corrected chi connectivity index (χ1v) is 5.25. The number of nitrogens with one attached hydrogen (secondary N) is 2. The Labute approximate surface area is 87.1 Å². The number of carbonyl (C=O) groups excluding carboxylic acids is 1. The molecule has 0 aliphatic rings. The number of hydrogen-bond acceptors (Lipinski definition) is 4. The molecule has 1 aromatic heterocycles. The monoisotopic (exact) mass is 214 g/mol. The summed E-state index contributed by atoms with van der Waals surface area (Å²) in [5, 5.41) is 8.79. The molecule has 14 heavy (non-hydrogen) atoms. The largest absolute Gasteiger partial charge is 0.294 e. The summed E-state index contributed by atoms with van der Waals surface area (Å²) in [6.07, 6.45) is 1.35. The lowest BCUT2D eigenvalue weighted by atomic mass is 10.3. The number of H-pyrrole nitrogens is 1. The molecule has 0 unspecified atom stereocenters. The van der Waals surface area contributed by atoms with Crippen molar-refractivity contribution in [3.8, 4) is 0 Å². The quantitative estimate of drug-likeness (QED) is 0.795. The zero-order valence-corrected chi connectivity index (χ0v) is 9.31. The topological polar surface area (TPSA) is 70.7 Å². The first-order valence-electron chi connectivity index (χ1n) is 4.26. The van der Waals surface area contributed by atoms with Gasteiger partial charge in [-0.2, -0.15) is 10.1 Å². The molecule has 0 atom stereocenters. The SMILES string of the molecule is CC(C)(C)SCC(=O)Nc1ncn[nH]1. The lowest BCUT2D eigenvalue weighted by Crippen LogP contribution is -2.19. The normalized spacial score (nSPS) is 11.4. The van der Waals surface area contributed by atoms with Crippen LogP contribution >= 0.6 is 11.8 Å². The zero-order valence-electron chi connectivity index (χ0n) is 8.50. The highest BCUT2D eigenvalue weighted by Gasteiger charge is 2.13. The van der Waals surface area contributed by atoms with Crippen molar-refractivity contribution in [3.05, 3.63) is 6.33 Å². The summed E-state index contributed by atoms with van der Waals surface area (Å²) in [5.74, 6) is 0.746. The summed E-state index contributed by atoms with van der Waals surface area (Å²) >= 11 is 1.59. The van der Waals surface area contributed by atoms with Gasteiger partial charge >= 0.3 is 0 Å². The van der Waals surface area contributed by atoms with Crippen LogP contribution in [-0.2, 0) is 4.79 Å². The summed E-state index contributed by atoms with van der Waals surface area (Å²) in [5.41, 5.74) is 0. The molecule has 0 aliphatic carbocycles. The van der Waals surface area contributed by atoms with Gasteiger partial charge in [0.1, 0.15) is 6.33 Å². The highest BCUT2D eigenvalue weighted by atomic mass is 32.2. The van der Waals surface area contributed by atoms with Gasteiger partial charge in [-0.25, -0.2) is 5.10 Å². The first-order chi connectivity index (χ1) is 6.47. The Bertz CT molecular complexity index is 291. The Morgan fingerprint density at radius 2 is 2.36 bits per heavy atom. The molecule has 5 nitrogen and oxygen atoms in total. The van der Waals surface area contributed by atoms with Crippen molar-refractivity contribution in [1.82, 2.24) is 15.2 Å². The zero-order chi connectivity index (χ0) is 10.6. The van der Waals surface area contributed by atoms with E-state index in [1.807, 2.05) is 0 Å². The fourth-order valence-corrected chi connectivity index (χ4v) is 1.35. The van der Waals surface area contributed by atoms with Crippen LogP contribution in [0.3, 0.4) is 0 Å². The van der Waals surface area contributed by atoms with Crippen LogP contribution in [0.15, 0.2) is 6.33 Å². The molecule has 0 saturated carbocycles. The first kappa shape index (κ1) is 11.0. The molecule has 0 saturated heterocycles. The molecule has 78 valence electrons. The maximum Gasteiger partial charge on any atom is 0.236 e. The summed E-state index contributed by atoms with van der Waals surface area (Å²) in [6, 6.07) is 0. The molecule has 2 N–H and O–H groups in total. The van der Waals surface area contributed by atoms with E-state index < -0.39 is 0 Å². The molecular weight excluding hydrogens is 200 g/mol. The third kappa shape index (κ3) is 4.27. The van der Waals surface area contributed by atoms with Crippen molar-refractivity contribution in [3.63, 3.8) is 0 Å². The minimum Gasteiger partial charge on any atom is -0.294 e. The van der Waals surface area contributed by atoms with E-state index in [0.717, 1.165) is 0 Å². The second kappa shape index (κ2) is 4.45. The van der Waals surface area contributed by atoms with Crippen molar-refractivity contribution >= 4 is 23.6 Å². The molecule has 1 heterocycles. The molecule has 0 bridgehead atoms. The minimum absolute atomic E-state index is 0.0679. The van der Waals surface area contributed by atoms with E-state index in [1.54, 1.807) is 11.8 Å². The van der Waals surface area contributed by atoms with E-state index in [-0.39, 0.29) is 10.7 Å². The molecular formula is C8H14N4OS. The van der Waals surface area contributed by atoms with Crippen LogP contribution in [0.2, 0.25) is 0 Å². The number of rotatable bonds is 3. The van der Waals surface area contributed by atoms with E-state index in [0.29, 0.717) is 11.7 Å². The number of amides is 1. The number of carbonyl (C=O) groups is 1. The molecule has 0 spiro atoms. The maximum absolute atomic E-state index is 11.3. The summed E-state index contributed by atoms with van der Waals surface area (Å²) in [7, 11) is 0. The van der Waals surface area contributed by atoms with Crippen LogP contribution in [0.1, 0.15) is 20.8 Å². The van der Waals surface area contributed by atoms with Gasteiger partial charge < -0.3 is 0 Å². The Morgan fingerprint density at radius 1 is 1.64 bits per heavy atom. The van der Waals surface area contributed by atoms with Crippen molar-refractivity contribution < 1.29 is 4.79 Å². The fraction of sp³-hybridized carbons (Fsp3) is 0.625. The smallest absolute Gasteiger partial charge is 0.236 e. The standard InChI is InChI=1S/C8H14N4OS/c1-8(2,3)14-4-6(13)11-7-9-5-10-12-7/h5H,4H2,1-3H3,(H2,9,10,11,12,13). The van der Waals surface area contributed by atoms with E-state index in [1.165, 1.54) is 6.33 Å². The van der Waals surface area contributed by atoms with Crippen LogP contribution in [0.5, 0.6) is 0 Å². The van der Waals surface area contributed by atoms with E-state index in [4.69, 9.17) is 0 Å². The number of thioether (sulfide) groups is 1. The van der Waals surface area contributed by atoms with Gasteiger partial charge in [0.2, 0.25) is 11.9 Å². The van der Waals surface area contributed by atoms with Gasteiger partial charge in [0.05, 0.1) is 5.75 Å². The molecule has 6 heteroatoms. The van der Waals surface area contributed by atoms with Crippen LogP contribution in [0, 0.1) is 0 Å². The van der Waals surface area contributed by atoms with Gasteiger partial charge in [0.15, 0.2) is 0 Å². The van der Waals surface area contributed by atoms with Gasteiger partial charge in [-0.15, -0.1) is 11.8 Å². The number of anilines is 1. The Balaban J connectivity index is 2.30. The molecule has 1 rings (SSSR count). The highest BCUT2D eigenvalue weighted by Crippen LogP contribution is 2.22. The summed E-state index contributed by atoms with van der Waals surface area (Å²) in [6.45, 7) is 6.21. The van der Waals surface area contributed by atoms with Crippen LogP contribution < -0.4 is 5.32 Å². The van der Waals surface area contributed by atoms with Gasteiger partial charge in [-0.1, -0.05) is 20.8 Å². The predicted octanol–water partition coefficient (Wildman–Crippen LogP) is 1.27. The maximum atomic E-state index is 11.3. The highest BCUT2D eigenvalue weighted by molar-refractivity contribution is 8.01. The molecule has 0 fully saturated rings. The lowest BCUT2D eigenvalue weighted by molar-refractivity contribution is -0.113. The van der Waals surface area contributed by atoms with Crippen molar-refractivity contribution in [2.75, 3.05) is 11.1 Å². The number of nitrogens with zero attached hydrogens (tertiary/aromatic N) is 2. The summed E-state index contributed by atoms with van der Waals surface area (Å²) in [4.78, 5) is 15.1. The van der Waals surface area contributed by atoms with Crippen LogP contribution in [0.4, 0.5) is 5.95 Å². The molecule has 1 aromatic rings. The average Bonchev–Trinajstić information content (AvgIpc) is 2.52. The Kier molecular flexibility index (Phi) is 3.51. The van der Waals surface area contributed by atoms with E-state index in [2.05, 4.69) is 41.3 Å². The predicted molar refractivity (Wildman–Crippen MR) is 57.2 cm³/mol. The fourth-order valence-electron chi connectivity index (χ4n) is 0.716. The molecule has 0 aliphatic heterocycles. The van der Waals surface area contributed by atoms with Crippen molar-refractivity contribution in [2.24, 2.45) is 0 Å². The Hall–Kier alpha value is -1.04. The van der Waals surface area contributed by atoms with Crippen molar-refractivity contribution in [2.45, 2.75) is 25.5 Å². The van der Waals surface area contributed by atoms with Gasteiger partial charge in [0, 0.05) is 4.75 Å². The second-order valence-electron chi connectivity index (χ2n) is 3.78. The van der Waals surface area contributed by atoms with E-state index >= 15 is 0 Å². The molecule has 0 aromatic carbocycles. The van der Waals surface area contributed by atoms with Gasteiger partial charge in [0.25, 0.3) is 0 Å². The van der Waals surface area contributed by atoms with Crippen LogP contribution in [0.25, 0.3) is 0 Å². The summed E-state index contributed by atoms with van der Waals surface area (Å²) < 4.78 is 0.0960. The van der Waals surface area contributed by atoms with E-state index in [9.17, 15) is 4.79 Å². The third-order valence-corrected chi connectivity index (χ3v) is 2.58. The van der Waals surface area contributed by atoms with Gasteiger partial charge in [-0.3, -0.25) is 10.1 Å². The van der Waals surface area contributed by atoms with Gasteiger partial charge in [-0.05, 0) is 0 Å². The third-order valence-electron chi connectivity index (χ3n) is 1.31. The van der Waals surface area contributed by atoms with Crippen LogP contribution in [-0.4, -0.2) is 31.6 Å².